The zero-order valence-electron chi connectivity index (χ0n) is 13.2. The number of piperidine rings is 1. The molecule has 1 saturated heterocycles. The van der Waals surface area contributed by atoms with Crippen molar-refractivity contribution in [2.45, 2.75) is 31.0 Å². The molecule has 1 aliphatic heterocycles. The molecule has 0 bridgehead atoms. The van der Waals surface area contributed by atoms with Crippen molar-refractivity contribution in [1.82, 2.24) is 19.7 Å². The van der Waals surface area contributed by atoms with Gasteiger partial charge in [-0.25, -0.2) is 0 Å². The maximum absolute atomic E-state index is 12.3. The summed E-state index contributed by atoms with van der Waals surface area (Å²) in [6, 6.07) is 3.83. The summed E-state index contributed by atoms with van der Waals surface area (Å²) in [4.78, 5) is 26.5. The molecule has 3 rings (SSSR count). The minimum Gasteiger partial charge on any atom is -0.368 e. The fourth-order valence-corrected chi connectivity index (χ4v) is 4.20. The van der Waals surface area contributed by atoms with Gasteiger partial charge in [-0.1, -0.05) is 17.8 Å². The SMILES string of the molecule is NC(=O)Cn1c(SCC(=O)N2CCCCC2)nnc1-c1cccs1. The highest BCUT2D eigenvalue weighted by Crippen LogP contribution is 2.27. The van der Waals surface area contributed by atoms with Gasteiger partial charge < -0.3 is 10.6 Å². The number of aromatic nitrogens is 3. The first kappa shape index (κ1) is 17.0. The smallest absolute Gasteiger partial charge is 0.237 e. The van der Waals surface area contributed by atoms with Crippen LogP contribution in [0, 0.1) is 0 Å². The van der Waals surface area contributed by atoms with Gasteiger partial charge in [0, 0.05) is 13.1 Å². The molecule has 0 aromatic carbocycles. The van der Waals surface area contributed by atoms with Crippen molar-refractivity contribution >= 4 is 34.9 Å². The quantitative estimate of drug-likeness (QED) is 0.785. The van der Waals surface area contributed by atoms with Crippen molar-refractivity contribution in [2.24, 2.45) is 5.73 Å². The van der Waals surface area contributed by atoms with Crippen LogP contribution in [0.4, 0.5) is 0 Å². The Morgan fingerprint density at radius 3 is 2.71 bits per heavy atom. The van der Waals surface area contributed by atoms with E-state index in [9.17, 15) is 9.59 Å². The molecule has 3 heterocycles. The zero-order chi connectivity index (χ0) is 16.9. The lowest BCUT2D eigenvalue weighted by molar-refractivity contribution is -0.129. The summed E-state index contributed by atoms with van der Waals surface area (Å²) in [6.45, 7) is 1.65. The molecule has 7 nitrogen and oxygen atoms in total. The Labute approximate surface area is 148 Å². The number of carbonyl (C=O) groups excluding carboxylic acids is 2. The van der Waals surface area contributed by atoms with E-state index in [2.05, 4.69) is 10.2 Å². The third-order valence-electron chi connectivity index (χ3n) is 3.81. The van der Waals surface area contributed by atoms with Crippen LogP contribution in [0.2, 0.25) is 0 Å². The van der Waals surface area contributed by atoms with Gasteiger partial charge in [0.05, 0.1) is 10.6 Å². The molecule has 1 fully saturated rings. The summed E-state index contributed by atoms with van der Waals surface area (Å²) >= 11 is 2.82. The second kappa shape index (κ2) is 7.80. The summed E-state index contributed by atoms with van der Waals surface area (Å²) in [5, 5.41) is 10.8. The molecular formula is C15H19N5O2S2. The van der Waals surface area contributed by atoms with Gasteiger partial charge in [-0.2, -0.15) is 0 Å². The summed E-state index contributed by atoms with van der Waals surface area (Å²) in [5.74, 6) is 0.543. The van der Waals surface area contributed by atoms with Crippen LogP contribution in [0.5, 0.6) is 0 Å². The van der Waals surface area contributed by atoms with Crippen molar-refractivity contribution in [3.05, 3.63) is 17.5 Å². The van der Waals surface area contributed by atoms with E-state index in [4.69, 9.17) is 5.73 Å². The molecule has 9 heteroatoms. The topological polar surface area (TPSA) is 94.1 Å². The molecule has 2 aromatic rings. The standard InChI is InChI=1S/C15H19N5O2S2/c16-12(21)9-20-14(11-5-4-8-23-11)17-18-15(20)24-10-13(22)19-6-2-1-3-7-19/h4-5,8H,1-3,6-7,9-10H2,(H2,16,21). The molecule has 2 N–H and O–H groups in total. The molecule has 24 heavy (non-hydrogen) atoms. The summed E-state index contributed by atoms with van der Waals surface area (Å²) in [6.07, 6.45) is 3.32. The molecule has 128 valence electrons. The highest BCUT2D eigenvalue weighted by Gasteiger charge is 2.20. The van der Waals surface area contributed by atoms with Crippen LogP contribution >= 0.6 is 23.1 Å². The fraction of sp³-hybridized carbons (Fsp3) is 0.467. The first-order valence-electron chi connectivity index (χ1n) is 7.81. The first-order chi connectivity index (χ1) is 11.6. The predicted octanol–water partition coefficient (Wildman–Crippen LogP) is 1.60. The number of thioether (sulfide) groups is 1. The first-order valence-corrected chi connectivity index (χ1v) is 9.67. The molecule has 2 amide bonds. The number of rotatable bonds is 6. The summed E-state index contributed by atoms with van der Waals surface area (Å²) < 4.78 is 1.68. The third kappa shape index (κ3) is 3.96. The highest BCUT2D eigenvalue weighted by molar-refractivity contribution is 7.99. The molecule has 1 aliphatic rings. The Kier molecular flexibility index (Phi) is 5.52. The molecule has 0 atom stereocenters. The second-order valence-corrected chi connectivity index (χ2v) is 7.46. The lowest BCUT2D eigenvalue weighted by Gasteiger charge is -2.26. The van der Waals surface area contributed by atoms with Crippen LogP contribution in [0.1, 0.15) is 19.3 Å². The normalized spacial score (nSPS) is 14.8. The van der Waals surface area contributed by atoms with Gasteiger partial charge in [0.25, 0.3) is 0 Å². The molecular weight excluding hydrogens is 346 g/mol. The molecule has 0 unspecified atom stereocenters. The van der Waals surface area contributed by atoms with Gasteiger partial charge in [-0.05, 0) is 30.7 Å². The lowest BCUT2D eigenvalue weighted by atomic mass is 10.1. The molecule has 2 aromatic heterocycles. The van der Waals surface area contributed by atoms with Crippen molar-refractivity contribution < 1.29 is 9.59 Å². The van der Waals surface area contributed by atoms with Gasteiger partial charge in [0.1, 0.15) is 6.54 Å². The maximum atomic E-state index is 12.3. The van der Waals surface area contributed by atoms with E-state index in [1.54, 1.807) is 4.57 Å². The van der Waals surface area contributed by atoms with Crippen molar-refractivity contribution in [3.8, 4) is 10.7 Å². The number of nitrogens with two attached hydrogens (primary N) is 1. The van der Waals surface area contributed by atoms with Crippen LogP contribution in [-0.4, -0.2) is 50.3 Å². The van der Waals surface area contributed by atoms with Gasteiger partial charge in [0.2, 0.25) is 11.8 Å². The molecule has 0 aliphatic carbocycles. The number of amides is 2. The van der Waals surface area contributed by atoms with Crippen molar-refractivity contribution in [3.63, 3.8) is 0 Å². The Hall–Kier alpha value is -1.87. The van der Waals surface area contributed by atoms with Crippen LogP contribution < -0.4 is 5.73 Å². The van der Waals surface area contributed by atoms with Gasteiger partial charge in [-0.3, -0.25) is 14.2 Å². The van der Waals surface area contributed by atoms with Crippen LogP contribution in [0.25, 0.3) is 10.7 Å². The van der Waals surface area contributed by atoms with Crippen LogP contribution in [-0.2, 0) is 16.1 Å². The van der Waals surface area contributed by atoms with Gasteiger partial charge >= 0.3 is 0 Å². The fourth-order valence-electron chi connectivity index (χ4n) is 2.64. The summed E-state index contributed by atoms with van der Waals surface area (Å²) in [5.41, 5.74) is 5.35. The molecule has 0 saturated carbocycles. The largest absolute Gasteiger partial charge is 0.368 e. The number of hydrogen-bond acceptors (Lipinski definition) is 6. The summed E-state index contributed by atoms with van der Waals surface area (Å²) in [7, 11) is 0. The van der Waals surface area contributed by atoms with E-state index in [0.717, 1.165) is 30.8 Å². The van der Waals surface area contributed by atoms with E-state index in [-0.39, 0.29) is 12.5 Å². The minimum absolute atomic E-state index is 0.000468. The van der Waals surface area contributed by atoms with Crippen molar-refractivity contribution in [1.29, 1.82) is 0 Å². The maximum Gasteiger partial charge on any atom is 0.237 e. The average Bonchev–Trinajstić information content (AvgIpc) is 3.23. The van der Waals surface area contributed by atoms with E-state index in [1.165, 1.54) is 29.5 Å². The van der Waals surface area contributed by atoms with Gasteiger partial charge in [0.15, 0.2) is 11.0 Å². The Balaban J connectivity index is 1.72. The zero-order valence-corrected chi connectivity index (χ0v) is 14.8. The van der Waals surface area contributed by atoms with E-state index < -0.39 is 5.91 Å². The number of carbonyl (C=O) groups is 2. The van der Waals surface area contributed by atoms with Crippen molar-refractivity contribution in [2.75, 3.05) is 18.8 Å². The van der Waals surface area contributed by atoms with E-state index in [0.29, 0.717) is 16.7 Å². The minimum atomic E-state index is -0.461. The molecule has 0 radical (unpaired) electrons. The monoisotopic (exact) mass is 365 g/mol. The number of thiophene rings is 1. The highest BCUT2D eigenvalue weighted by atomic mass is 32.2. The Morgan fingerprint density at radius 1 is 1.25 bits per heavy atom. The number of hydrogen-bond donors (Lipinski definition) is 1. The molecule has 0 spiro atoms. The number of likely N-dealkylation sites (tertiary alicyclic amines) is 1. The van der Waals surface area contributed by atoms with Crippen LogP contribution in [0.15, 0.2) is 22.7 Å². The average molecular weight is 365 g/mol. The van der Waals surface area contributed by atoms with Crippen LogP contribution in [0.3, 0.4) is 0 Å². The third-order valence-corrected chi connectivity index (χ3v) is 5.62. The predicted molar refractivity (Wildman–Crippen MR) is 93.7 cm³/mol. The lowest BCUT2D eigenvalue weighted by Crippen LogP contribution is -2.36. The Morgan fingerprint density at radius 2 is 2.04 bits per heavy atom. The van der Waals surface area contributed by atoms with E-state index in [1.807, 2.05) is 22.4 Å². The number of nitrogens with zero attached hydrogens (tertiary/aromatic N) is 4. The van der Waals surface area contributed by atoms with E-state index >= 15 is 0 Å². The number of primary amides is 1. The Bertz CT molecular complexity index is 708. The van der Waals surface area contributed by atoms with Gasteiger partial charge in [-0.15, -0.1) is 21.5 Å². The second-order valence-electron chi connectivity index (χ2n) is 5.57.